The Labute approximate surface area is 459 Å². The highest BCUT2D eigenvalue weighted by Gasteiger charge is 2.20. The van der Waals surface area contributed by atoms with Crippen LogP contribution in [0.2, 0.25) is 0 Å². The Morgan fingerprint density at radius 3 is 0.865 bits per heavy atom. The molecular formula is C70H117NO3. The second-order valence-corrected chi connectivity index (χ2v) is 20.4. The molecule has 0 bridgehead atoms. The highest BCUT2D eigenvalue weighted by Crippen LogP contribution is 2.17. The number of aliphatic hydroxyl groups is 2. The van der Waals surface area contributed by atoms with Crippen molar-refractivity contribution in [1.82, 2.24) is 5.32 Å². The summed E-state index contributed by atoms with van der Waals surface area (Å²) in [6.07, 6.45) is 99.9. The standard InChI is InChI=1S/C70H117NO3/c1-3-5-7-9-11-13-15-17-19-21-23-25-27-28-29-30-31-32-33-34-35-36-37-38-39-40-41-42-44-46-48-50-52-54-56-58-60-62-64-66-70(74)71-68(67-72)69(73)65-63-61-59-57-55-53-51-49-47-45-43-26-24-22-20-18-16-14-12-10-8-6-4-2/h5,7,11,13,17,19,23,25,28-29,31-32,34-35,37-38,40-41,44,46,50,52,56,58,68-69,72-73H,3-4,6,8-10,12,14-16,18,20-22,24,26-27,30,33,36,39,42-43,45,47-49,51,53-55,57,59-67H2,1-2H3,(H,71,74)/b7-5-,13-11-,19-17-,25-23-,29-28-,32-31-,35-34-,38-37-,41-40-,46-44-,52-50-,58-56-. The molecule has 0 rings (SSSR count). The van der Waals surface area contributed by atoms with Gasteiger partial charge in [-0.1, -0.05) is 307 Å². The van der Waals surface area contributed by atoms with E-state index in [0.29, 0.717) is 12.8 Å². The van der Waals surface area contributed by atoms with Crippen molar-refractivity contribution < 1.29 is 15.0 Å². The minimum atomic E-state index is -0.690. The Morgan fingerprint density at radius 1 is 0.338 bits per heavy atom. The van der Waals surface area contributed by atoms with Gasteiger partial charge in [-0.15, -0.1) is 0 Å². The summed E-state index contributed by atoms with van der Waals surface area (Å²) in [4.78, 5) is 12.5. The molecule has 0 aromatic carbocycles. The number of aliphatic hydroxyl groups excluding tert-OH is 2. The zero-order valence-corrected chi connectivity index (χ0v) is 48.3. The van der Waals surface area contributed by atoms with Crippen LogP contribution in [0.5, 0.6) is 0 Å². The Kier molecular flexibility index (Phi) is 60.4. The number of hydrogen-bond acceptors (Lipinski definition) is 3. The van der Waals surface area contributed by atoms with Gasteiger partial charge in [-0.05, 0) is 103 Å². The van der Waals surface area contributed by atoms with Crippen LogP contribution >= 0.6 is 0 Å². The first-order valence-corrected chi connectivity index (χ1v) is 31.0. The van der Waals surface area contributed by atoms with Gasteiger partial charge >= 0.3 is 0 Å². The Balaban J connectivity index is 3.67. The van der Waals surface area contributed by atoms with Crippen LogP contribution in [0.1, 0.15) is 271 Å². The largest absolute Gasteiger partial charge is 0.394 e. The predicted octanol–water partition coefficient (Wildman–Crippen LogP) is 21.1. The van der Waals surface area contributed by atoms with Gasteiger partial charge in [0.25, 0.3) is 0 Å². The zero-order chi connectivity index (χ0) is 53.4. The Morgan fingerprint density at radius 2 is 0.595 bits per heavy atom. The molecule has 74 heavy (non-hydrogen) atoms. The molecule has 4 nitrogen and oxygen atoms in total. The van der Waals surface area contributed by atoms with E-state index < -0.39 is 12.1 Å². The highest BCUT2D eigenvalue weighted by atomic mass is 16.3. The summed E-state index contributed by atoms with van der Waals surface area (Å²) in [7, 11) is 0. The van der Waals surface area contributed by atoms with Crippen LogP contribution in [0, 0.1) is 0 Å². The first kappa shape index (κ1) is 70.3. The lowest BCUT2D eigenvalue weighted by atomic mass is 10.0. The average molecular weight is 1020 g/mol. The van der Waals surface area contributed by atoms with Gasteiger partial charge in [0.2, 0.25) is 5.91 Å². The Hall–Kier alpha value is -3.73. The second-order valence-electron chi connectivity index (χ2n) is 20.4. The van der Waals surface area contributed by atoms with Gasteiger partial charge in [0, 0.05) is 6.42 Å². The van der Waals surface area contributed by atoms with Crippen molar-refractivity contribution in [1.29, 1.82) is 0 Å². The molecule has 0 fully saturated rings. The van der Waals surface area contributed by atoms with Crippen LogP contribution in [-0.2, 0) is 4.79 Å². The molecule has 2 unspecified atom stereocenters. The van der Waals surface area contributed by atoms with E-state index in [-0.39, 0.29) is 12.5 Å². The zero-order valence-electron chi connectivity index (χ0n) is 48.3. The molecule has 0 saturated carbocycles. The number of rotatable bonds is 55. The van der Waals surface area contributed by atoms with Gasteiger partial charge in [-0.3, -0.25) is 4.79 Å². The van der Waals surface area contributed by atoms with Gasteiger partial charge in [-0.25, -0.2) is 0 Å². The van der Waals surface area contributed by atoms with Crippen LogP contribution in [0.15, 0.2) is 146 Å². The van der Waals surface area contributed by atoms with E-state index in [0.717, 1.165) is 109 Å². The van der Waals surface area contributed by atoms with E-state index in [2.05, 4.69) is 165 Å². The minimum Gasteiger partial charge on any atom is -0.394 e. The smallest absolute Gasteiger partial charge is 0.220 e. The van der Waals surface area contributed by atoms with Crippen molar-refractivity contribution in [2.75, 3.05) is 6.61 Å². The fourth-order valence-electron chi connectivity index (χ4n) is 8.70. The summed E-state index contributed by atoms with van der Waals surface area (Å²) < 4.78 is 0. The van der Waals surface area contributed by atoms with Crippen LogP contribution in [0.3, 0.4) is 0 Å². The van der Waals surface area contributed by atoms with Crippen molar-refractivity contribution in [3.8, 4) is 0 Å². The van der Waals surface area contributed by atoms with Crippen LogP contribution in [-0.4, -0.2) is 34.9 Å². The first-order valence-electron chi connectivity index (χ1n) is 31.0. The third kappa shape index (κ3) is 59.2. The van der Waals surface area contributed by atoms with E-state index in [1.165, 1.54) is 135 Å². The maximum absolute atomic E-state index is 12.5. The normalized spacial score (nSPS) is 13.8. The summed E-state index contributed by atoms with van der Waals surface area (Å²) in [5.41, 5.74) is 0. The minimum absolute atomic E-state index is 0.0768. The molecule has 1 amide bonds. The van der Waals surface area contributed by atoms with E-state index >= 15 is 0 Å². The van der Waals surface area contributed by atoms with Gasteiger partial charge < -0.3 is 15.5 Å². The Bertz CT molecular complexity index is 1530. The quantitative estimate of drug-likeness (QED) is 0.0420. The number of hydrogen-bond donors (Lipinski definition) is 3. The third-order valence-corrected chi connectivity index (χ3v) is 13.4. The molecule has 0 radical (unpaired) electrons. The van der Waals surface area contributed by atoms with Crippen LogP contribution in [0.25, 0.3) is 0 Å². The molecule has 0 spiro atoms. The number of carbonyl (C=O) groups excluding carboxylic acids is 1. The first-order chi connectivity index (χ1) is 36.7. The summed E-state index contributed by atoms with van der Waals surface area (Å²) in [6, 6.07) is -0.572. The van der Waals surface area contributed by atoms with E-state index in [9.17, 15) is 15.0 Å². The fraction of sp³-hybridized carbons (Fsp3) is 0.643. The summed E-state index contributed by atoms with van der Waals surface area (Å²) in [6.45, 7) is 4.24. The van der Waals surface area contributed by atoms with Crippen LogP contribution in [0.4, 0.5) is 0 Å². The lowest BCUT2D eigenvalue weighted by molar-refractivity contribution is -0.123. The second kappa shape index (κ2) is 63.6. The summed E-state index contributed by atoms with van der Waals surface area (Å²) >= 11 is 0. The molecule has 0 aliphatic rings. The molecule has 420 valence electrons. The van der Waals surface area contributed by atoms with Crippen LogP contribution < -0.4 is 5.32 Å². The topological polar surface area (TPSA) is 69.6 Å². The number of allylic oxidation sites excluding steroid dienone is 24. The van der Waals surface area contributed by atoms with Gasteiger partial charge in [0.15, 0.2) is 0 Å². The number of carbonyl (C=O) groups is 1. The fourth-order valence-corrected chi connectivity index (χ4v) is 8.70. The molecule has 0 saturated heterocycles. The molecule has 2 atom stereocenters. The van der Waals surface area contributed by atoms with Gasteiger partial charge in [0.1, 0.15) is 0 Å². The predicted molar refractivity (Wildman–Crippen MR) is 331 cm³/mol. The maximum atomic E-state index is 12.5. The lowest BCUT2D eigenvalue weighted by Gasteiger charge is -2.22. The number of amides is 1. The van der Waals surface area contributed by atoms with Gasteiger partial charge in [0.05, 0.1) is 18.8 Å². The van der Waals surface area contributed by atoms with Gasteiger partial charge in [-0.2, -0.15) is 0 Å². The molecule has 3 N–H and O–H groups in total. The average Bonchev–Trinajstić information content (AvgIpc) is 3.40. The van der Waals surface area contributed by atoms with E-state index in [1.54, 1.807) is 0 Å². The van der Waals surface area contributed by atoms with E-state index in [4.69, 9.17) is 0 Å². The van der Waals surface area contributed by atoms with Crippen molar-refractivity contribution in [3.05, 3.63) is 146 Å². The SMILES string of the molecule is CC/C=C\C/C=C\C/C=C\C/C=C\C/C=C\C/C=C\C/C=C\C/C=C\C/C=C\C/C=C\C/C=C\C/C=C\CCCCC(=O)NC(CO)C(O)CCCCCCCCCCCCCCCCCCCCCCCCC. The van der Waals surface area contributed by atoms with Crippen molar-refractivity contribution in [2.45, 2.75) is 283 Å². The maximum Gasteiger partial charge on any atom is 0.220 e. The van der Waals surface area contributed by atoms with Crippen molar-refractivity contribution in [2.24, 2.45) is 0 Å². The van der Waals surface area contributed by atoms with Crippen molar-refractivity contribution in [3.63, 3.8) is 0 Å². The lowest BCUT2D eigenvalue weighted by Crippen LogP contribution is -2.45. The molecule has 0 aliphatic heterocycles. The molecule has 0 heterocycles. The van der Waals surface area contributed by atoms with E-state index in [1.807, 2.05) is 0 Å². The molecule has 4 heteroatoms. The summed E-state index contributed by atoms with van der Waals surface area (Å²) in [5, 5.41) is 23.3. The molecule has 0 aromatic rings. The van der Waals surface area contributed by atoms with Crippen molar-refractivity contribution >= 4 is 5.91 Å². The number of nitrogens with one attached hydrogen (secondary N) is 1. The molecule has 0 aliphatic carbocycles. The molecule has 0 aromatic heterocycles. The number of unbranched alkanes of at least 4 members (excludes halogenated alkanes) is 24. The highest BCUT2D eigenvalue weighted by molar-refractivity contribution is 5.76. The third-order valence-electron chi connectivity index (χ3n) is 13.4. The monoisotopic (exact) mass is 1020 g/mol. The summed E-state index contributed by atoms with van der Waals surface area (Å²) in [5.74, 6) is -0.0768. The molecular weight excluding hydrogens is 903 g/mol.